The number of carbonyl (C=O) groups is 1. The van der Waals surface area contributed by atoms with Crippen LogP contribution in [0, 0.1) is 6.92 Å². The first-order chi connectivity index (χ1) is 14.1. The zero-order valence-electron chi connectivity index (χ0n) is 16.0. The molecule has 0 atom stereocenters. The van der Waals surface area contributed by atoms with Crippen LogP contribution in [-0.2, 0) is 6.54 Å². The van der Waals surface area contributed by atoms with Crippen molar-refractivity contribution in [3.05, 3.63) is 69.5 Å². The van der Waals surface area contributed by atoms with Crippen LogP contribution < -0.4 is 15.7 Å². The minimum absolute atomic E-state index is 0.0396. The molecule has 0 saturated heterocycles. The summed E-state index contributed by atoms with van der Waals surface area (Å²) < 4.78 is 12.3. The molecular weight excluding hydrogens is 390 g/mol. The second-order valence-electron chi connectivity index (χ2n) is 6.45. The van der Waals surface area contributed by atoms with Gasteiger partial charge in [-0.25, -0.2) is 4.79 Å². The predicted octanol–water partition coefficient (Wildman–Crippen LogP) is 3.47. The van der Waals surface area contributed by atoms with E-state index in [9.17, 15) is 9.59 Å². The number of hydrogen-bond donors (Lipinski definition) is 1. The predicted molar refractivity (Wildman–Crippen MR) is 112 cm³/mol. The molecule has 0 spiro atoms. The lowest BCUT2D eigenvalue weighted by atomic mass is 10.1. The molecule has 0 aliphatic rings. The number of methoxy groups -OCH3 is 1. The molecule has 0 aliphatic heterocycles. The van der Waals surface area contributed by atoms with E-state index in [2.05, 4.69) is 10.4 Å². The smallest absolute Gasteiger partial charge is 0.349 e. The highest BCUT2D eigenvalue weighted by atomic mass is 32.1. The van der Waals surface area contributed by atoms with Crippen LogP contribution >= 0.6 is 11.3 Å². The maximum atomic E-state index is 12.5. The Bertz CT molecular complexity index is 1220. The van der Waals surface area contributed by atoms with E-state index < -0.39 is 11.5 Å². The molecule has 1 N–H and O–H groups in total. The van der Waals surface area contributed by atoms with Gasteiger partial charge in [-0.15, -0.1) is 11.3 Å². The van der Waals surface area contributed by atoms with Crippen LogP contribution in [-0.4, -0.2) is 29.3 Å². The van der Waals surface area contributed by atoms with Crippen molar-refractivity contribution in [2.45, 2.75) is 13.5 Å². The average molecular weight is 409 g/mol. The Morgan fingerprint density at radius 3 is 2.90 bits per heavy atom. The van der Waals surface area contributed by atoms with Crippen LogP contribution in [0.15, 0.2) is 57.1 Å². The van der Waals surface area contributed by atoms with E-state index in [1.165, 1.54) is 13.2 Å². The van der Waals surface area contributed by atoms with Gasteiger partial charge in [0.05, 0.1) is 18.5 Å². The van der Waals surface area contributed by atoms with Gasteiger partial charge in [0.2, 0.25) is 0 Å². The Kier molecular flexibility index (Phi) is 5.18. The number of ether oxygens (including phenoxy) is 1. The van der Waals surface area contributed by atoms with Crippen LogP contribution in [0.4, 0.5) is 0 Å². The highest BCUT2D eigenvalue weighted by molar-refractivity contribution is 7.13. The summed E-state index contributed by atoms with van der Waals surface area (Å²) in [5.41, 5.74) is 1.50. The Labute approximate surface area is 170 Å². The number of amides is 1. The van der Waals surface area contributed by atoms with E-state index in [1.54, 1.807) is 29.5 Å². The van der Waals surface area contributed by atoms with E-state index in [-0.39, 0.29) is 5.56 Å². The van der Waals surface area contributed by atoms with E-state index in [0.29, 0.717) is 29.8 Å². The maximum Gasteiger partial charge on any atom is 0.349 e. The summed E-state index contributed by atoms with van der Waals surface area (Å²) in [6.45, 7) is 2.80. The zero-order chi connectivity index (χ0) is 20.4. The monoisotopic (exact) mass is 409 g/mol. The minimum Gasteiger partial charge on any atom is -0.493 e. The number of aryl methyl sites for hydroxylation is 1. The van der Waals surface area contributed by atoms with Gasteiger partial charge in [0, 0.05) is 17.6 Å². The SMILES string of the molecule is COc1cccc2cc(C(=O)NCCn3nc(-c4cccs4)cc3C)c(=O)oc12. The highest BCUT2D eigenvalue weighted by Gasteiger charge is 2.15. The van der Waals surface area contributed by atoms with Gasteiger partial charge in [-0.1, -0.05) is 18.2 Å². The normalized spacial score (nSPS) is 11.0. The van der Waals surface area contributed by atoms with Crippen molar-refractivity contribution in [1.82, 2.24) is 15.1 Å². The van der Waals surface area contributed by atoms with Crippen molar-refractivity contribution in [3.8, 4) is 16.3 Å². The van der Waals surface area contributed by atoms with Crippen LogP contribution in [0.25, 0.3) is 21.5 Å². The average Bonchev–Trinajstić information content (AvgIpc) is 3.37. The molecule has 1 aromatic carbocycles. The minimum atomic E-state index is -0.699. The van der Waals surface area contributed by atoms with E-state index in [0.717, 1.165) is 16.3 Å². The fourth-order valence-corrected chi connectivity index (χ4v) is 3.77. The zero-order valence-corrected chi connectivity index (χ0v) is 16.8. The highest BCUT2D eigenvalue weighted by Crippen LogP contribution is 2.25. The Morgan fingerprint density at radius 1 is 1.28 bits per heavy atom. The number of nitrogens with zero attached hydrogens (tertiary/aromatic N) is 2. The summed E-state index contributed by atoms with van der Waals surface area (Å²) in [5.74, 6) is -0.0333. The molecule has 0 saturated carbocycles. The van der Waals surface area contributed by atoms with Crippen molar-refractivity contribution in [2.24, 2.45) is 0 Å². The third-order valence-electron chi connectivity index (χ3n) is 4.55. The Balaban J connectivity index is 1.47. The summed E-state index contributed by atoms with van der Waals surface area (Å²) in [4.78, 5) is 25.9. The molecule has 29 heavy (non-hydrogen) atoms. The van der Waals surface area contributed by atoms with Crippen molar-refractivity contribution in [3.63, 3.8) is 0 Å². The summed E-state index contributed by atoms with van der Waals surface area (Å²) in [5, 5.41) is 9.98. The van der Waals surface area contributed by atoms with Gasteiger partial charge < -0.3 is 14.5 Å². The van der Waals surface area contributed by atoms with E-state index in [1.807, 2.05) is 35.2 Å². The molecule has 0 fully saturated rings. The number of rotatable bonds is 6. The maximum absolute atomic E-state index is 12.5. The molecule has 148 valence electrons. The number of aromatic nitrogens is 2. The second kappa shape index (κ2) is 7.92. The molecule has 4 aromatic rings. The van der Waals surface area contributed by atoms with Crippen LogP contribution in [0.3, 0.4) is 0 Å². The lowest BCUT2D eigenvalue weighted by Gasteiger charge is -2.08. The third kappa shape index (κ3) is 3.79. The van der Waals surface area contributed by atoms with Crippen LogP contribution in [0.1, 0.15) is 16.1 Å². The second-order valence-corrected chi connectivity index (χ2v) is 7.40. The van der Waals surface area contributed by atoms with Crippen LogP contribution in [0.5, 0.6) is 5.75 Å². The number of hydrogen-bond acceptors (Lipinski definition) is 6. The number of fused-ring (bicyclic) bond motifs is 1. The molecule has 7 nitrogen and oxygen atoms in total. The largest absolute Gasteiger partial charge is 0.493 e. The molecule has 4 rings (SSSR count). The van der Waals surface area contributed by atoms with Gasteiger partial charge in [-0.2, -0.15) is 5.10 Å². The molecule has 3 heterocycles. The van der Waals surface area contributed by atoms with Gasteiger partial charge in [-0.3, -0.25) is 9.48 Å². The topological polar surface area (TPSA) is 86.4 Å². The van der Waals surface area contributed by atoms with Crippen LogP contribution in [0.2, 0.25) is 0 Å². The summed E-state index contributed by atoms with van der Waals surface area (Å²) in [7, 11) is 1.50. The van der Waals surface area contributed by atoms with Crippen molar-refractivity contribution >= 4 is 28.2 Å². The van der Waals surface area contributed by atoms with Crippen molar-refractivity contribution in [2.75, 3.05) is 13.7 Å². The fourth-order valence-electron chi connectivity index (χ4n) is 3.09. The third-order valence-corrected chi connectivity index (χ3v) is 5.44. The quantitative estimate of drug-likeness (QED) is 0.493. The number of nitrogens with one attached hydrogen (secondary N) is 1. The van der Waals surface area contributed by atoms with Gasteiger partial charge in [0.25, 0.3) is 5.91 Å². The molecule has 8 heteroatoms. The molecule has 0 aliphatic carbocycles. The lowest BCUT2D eigenvalue weighted by Crippen LogP contribution is -2.31. The van der Waals surface area contributed by atoms with Crippen molar-refractivity contribution < 1.29 is 13.9 Å². The Hall–Kier alpha value is -3.39. The first kappa shape index (κ1) is 18.9. The number of thiophene rings is 1. The first-order valence-corrected chi connectivity index (χ1v) is 9.92. The standard InChI is InChI=1S/C21H19N3O4S/c1-13-11-16(18-7-4-10-29-18)23-24(13)9-8-22-20(25)15-12-14-5-3-6-17(27-2)19(14)28-21(15)26/h3-7,10-12H,8-9H2,1-2H3,(H,22,25). The number of carbonyl (C=O) groups excluding carboxylic acids is 1. The molecule has 1 amide bonds. The fraction of sp³-hybridized carbons (Fsp3) is 0.190. The molecule has 3 aromatic heterocycles. The van der Waals surface area contributed by atoms with Gasteiger partial charge >= 0.3 is 5.63 Å². The molecule has 0 unspecified atom stereocenters. The van der Waals surface area contributed by atoms with Gasteiger partial charge in [0.1, 0.15) is 11.3 Å². The van der Waals surface area contributed by atoms with Crippen molar-refractivity contribution in [1.29, 1.82) is 0 Å². The molecular formula is C21H19N3O4S. The summed E-state index contributed by atoms with van der Waals surface area (Å²) >= 11 is 1.63. The Morgan fingerprint density at radius 2 is 2.14 bits per heavy atom. The van der Waals surface area contributed by atoms with E-state index >= 15 is 0 Å². The molecule has 0 bridgehead atoms. The number of benzene rings is 1. The van der Waals surface area contributed by atoms with E-state index in [4.69, 9.17) is 9.15 Å². The lowest BCUT2D eigenvalue weighted by molar-refractivity contribution is 0.0948. The number of para-hydroxylation sites is 1. The van der Waals surface area contributed by atoms with Gasteiger partial charge in [-0.05, 0) is 36.6 Å². The molecule has 0 radical (unpaired) electrons. The summed E-state index contributed by atoms with van der Waals surface area (Å²) in [6, 6.07) is 12.8. The van der Waals surface area contributed by atoms with Gasteiger partial charge in [0.15, 0.2) is 11.3 Å². The first-order valence-electron chi connectivity index (χ1n) is 9.04. The summed E-state index contributed by atoms with van der Waals surface area (Å²) in [6.07, 6.45) is 0.